The van der Waals surface area contributed by atoms with Crippen molar-refractivity contribution >= 4 is 11.7 Å². The number of hydrogen-bond acceptors (Lipinski definition) is 2. The summed E-state index contributed by atoms with van der Waals surface area (Å²) in [6.45, 7) is 0. The number of nitrogens with zero attached hydrogens (tertiary/aromatic N) is 2. The van der Waals surface area contributed by atoms with E-state index in [1.807, 2.05) is 0 Å². The van der Waals surface area contributed by atoms with Crippen LogP contribution in [0.1, 0.15) is 17.9 Å². The molecule has 0 unspecified atom stereocenters. The Labute approximate surface area is 112 Å². The van der Waals surface area contributed by atoms with Gasteiger partial charge in [-0.3, -0.25) is 4.79 Å². The first-order valence-electron chi connectivity index (χ1n) is 5.96. The Balaban J connectivity index is 2.11. The van der Waals surface area contributed by atoms with Crippen LogP contribution < -0.4 is 5.32 Å². The van der Waals surface area contributed by atoms with Crippen LogP contribution in [0.15, 0.2) is 36.5 Å². The number of rotatable bonds is 1. The standard InChI is InChI=1S/C13H10F3N3O/c14-13(15,16)10-6-11(20)18-12-9(10)7-17-19(12)8-4-2-1-3-5-8/h1-5,7,10H,6H2,(H,18,20)/t10-/m0/s1. The predicted octanol–water partition coefficient (Wildman–Crippen LogP) is 2.86. The highest BCUT2D eigenvalue weighted by atomic mass is 19.4. The van der Waals surface area contributed by atoms with Gasteiger partial charge in [-0.25, -0.2) is 4.68 Å². The van der Waals surface area contributed by atoms with Crippen LogP contribution in [-0.4, -0.2) is 21.9 Å². The maximum Gasteiger partial charge on any atom is 0.396 e. The molecule has 0 aliphatic carbocycles. The van der Waals surface area contributed by atoms with Gasteiger partial charge in [0.2, 0.25) is 5.91 Å². The molecule has 7 heteroatoms. The summed E-state index contributed by atoms with van der Waals surface area (Å²) in [5, 5.41) is 6.44. The summed E-state index contributed by atoms with van der Waals surface area (Å²) >= 11 is 0. The molecule has 1 aromatic carbocycles. The Morgan fingerprint density at radius 3 is 2.60 bits per heavy atom. The number of amides is 1. The molecule has 1 aliphatic rings. The fraction of sp³-hybridized carbons (Fsp3) is 0.231. The van der Waals surface area contributed by atoms with Crippen LogP contribution in [0.3, 0.4) is 0 Å². The molecule has 1 aliphatic heterocycles. The first-order chi connectivity index (χ1) is 9.47. The maximum absolute atomic E-state index is 13.0. The highest BCUT2D eigenvalue weighted by molar-refractivity contribution is 5.94. The number of halogens is 3. The molecular weight excluding hydrogens is 271 g/mol. The summed E-state index contributed by atoms with van der Waals surface area (Å²) in [6.07, 6.45) is -3.89. The number of carbonyl (C=O) groups is 1. The van der Waals surface area contributed by atoms with Crippen LogP contribution >= 0.6 is 0 Å². The lowest BCUT2D eigenvalue weighted by atomic mass is 9.94. The largest absolute Gasteiger partial charge is 0.396 e. The Kier molecular flexibility index (Phi) is 2.77. The lowest BCUT2D eigenvalue weighted by molar-refractivity contribution is -0.156. The van der Waals surface area contributed by atoms with E-state index in [0.29, 0.717) is 5.69 Å². The summed E-state index contributed by atoms with van der Waals surface area (Å²) in [4.78, 5) is 11.5. The molecule has 3 rings (SSSR count). The first kappa shape index (κ1) is 12.7. The Morgan fingerprint density at radius 2 is 1.95 bits per heavy atom. The molecule has 0 saturated heterocycles. The van der Waals surface area contributed by atoms with Crippen LogP contribution in [0.2, 0.25) is 0 Å². The number of anilines is 1. The quantitative estimate of drug-likeness (QED) is 0.873. The number of benzene rings is 1. The minimum absolute atomic E-state index is 0.000882. The summed E-state index contributed by atoms with van der Waals surface area (Å²) in [6, 6.07) is 8.69. The number of para-hydroxylation sites is 1. The molecule has 2 aromatic rings. The Bertz CT molecular complexity index is 649. The molecule has 0 spiro atoms. The monoisotopic (exact) mass is 281 g/mol. The Hall–Kier alpha value is -2.31. The molecule has 1 N–H and O–H groups in total. The van der Waals surface area contributed by atoms with Gasteiger partial charge in [0, 0.05) is 12.0 Å². The van der Waals surface area contributed by atoms with E-state index in [0.717, 1.165) is 0 Å². The highest BCUT2D eigenvalue weighted by Gasteiger charge is 2.46. The minimum Gasteiger partial charge on any atom is -0.310 e. The van der Waals surface area contributed by atoms with Gasteiger partial charge in [-0.1, -0.05) is 18.2 Å². The molecule has 20 heavy (non-hydrogen) atoms. The van der Waals surface area contributed by atoms with Crippen LogP contribution in [0.25, 0.3) is 5.69 Å². The molecule has 1 atom stereocenters. The number of carbonyl (C=O) groups excluding carboxylic acids is 1. The number of nitrogens with one attached hydrogen (secondary N) is 1. The number of alkyl halides is 3. The molecule has 0 saturated carbocycles. The Morgan fingerprint density at radius 1 is 1.25 bits per heavy atom. The van der Waals surface area contributed by atoms with E-state index in [9.17, 15) is 18.0 Å². The van der Waals surface area contributed by atoms with Crippen LogP contribution in [-0.2, 0) is 4.79 Å². The number of fused-ring (bicyclic) bond motifs is 1. The van der Waals surface area contributed by atoms with Crippen LogP contribution in [0.4, 0.5) is 19.0 Å². The lowest BCUT2D eigenvalue weighted by Crippen LogP contribution is -2.31. The van der Waals surface area contributed by atoms with E-state index in [1.165, 1.54) is 10.9 Å². The summed E-state index contributed by atoms with van der Waals surface area (Å²) in [5.41, 5.74) is 0.595. The van der Waals surface area contributed by atoms with Gasteiger partial charge < -0.3 is 5.32 Å². The van der Waals surface area contributed by atoms with Gasteiger partial charge >= 0.3 is 6.18 Å². The fourth-order valence-corrected chi connectivity index (χ4v) is 2.28. The molecule has 0 radical (unpaired) electrons. The van der Waals surface area contributed by atoms with E-state index in [4.69, 9.17) is 0 Å². The third-order valence-corrected chi connectivity index (χ3v) is 3.22. The highest BCUT2D eigenvalue weighted by Crippen LogP contribution is 2.43. The van der Waals surface area contributed by atoms with E-state index >= 15 is 0 Å². The molecular formula is C13H10F3N3O. The van der Waals surface area contributed by atoms with E-state index in [1.54, 1.807) is 30.3 Å². The molecule has 104 valence electrons. The molecule has 1 amide bonds. The van der Waals surface area contributed by atoms with Crippen molar-refractivity contribution in [2.45, 2.75) is 18.5 Å². The SMILES string of the molecule is O=C1C[C@H](C(F)(F)F)c2cnn(-c3ccccc3)c2N1. The maximum atomic E-state index is 13.0. The van der Waals surface area contributed by atoms with Gasteiger partial charge in [0.15, 0.2) is 0 Å². The zero-order chi connectivity index (χ0) is 14.3. The van der Waals surface area contributed by atoms with E-state index < -0.39 is 24.4 Å². The van der Waals surface area contributed by atoms with Crippen LogP contribution in [0, 0.1) is 0 Å². The van der Waals surface area contributed by atoms with Gasteiger partial charge in [-0.15, -0.1) is 0 Å². The van der Waals surface area contributed by atoms with Crippen molar-refractivity contribution in [2.24, 2.45) is 0 Å². The smallest absolute Gasteiger partial charge is 0.310 e. The zero-order valence-electron chi connectivity index (χ0n) is 10.2. The molecule has 4 nitrogen and oxygen atoms in total. The minimum atomic E-state index is -4.46. The average molecular weight is 281 g/mol. The van der Waals surface area contributed by atoms with Crippen molar-refractivity contribution in [1.29, 1.82) is 0 Å². The van der Waals surface area contributed by atoms with Crippen molar-refractivity contribution in [3.8, 4) is 5.69 Å². The topological polar surface area (TPSA) is 46.9 Å². The summed E-state index contributed by atoms with van der Waals surface area (Å²) in [5.74, 6) is -2.36. The van der Waals surface area contributed by atoms with Crippen molar-refractivity contribution in [1.82, 2.24) is 9.78 Å². The zero-order valence-corrected chi connectivity index (χ0v) is 10.2. The number of aromatic nitrogens is 2. The van der Waals surface area contributed by atoms with E-state index in [2.05, 4.69) is 10.4 Å². The summed E-state index contributed by atoms with van der Waals surface area (Å²) < 4.78 is 40.3. The first-order valence-corrected chi connectivity index (χ1v) is 5.96. The van der Waals surface area contributed by atoms with Crippen LogP contribution in [0.5, 0.6) is 0 Å². The summed E-state index contributed by atoms with van der Waals surface area (Å²) in [7, 11) is 0. The van der Waals surface area contributed by atoms with Gasteiger partial charge in [-0.2, -0.15) is 18.3 Å². The lowest BCUT2D eigenvalue weighted by Gasteiger charge is -2.25. The molecule has 1 aromatic heterocycles. The van der Waals surface area contributed by atoms with Gasteiger partial charge in [0.25, 0.3) is 0 Å². The normalized spacial score (nSPS) is 18.6. The molecule has 0 bridgehead atoms. The van der Waals surface area contributed by atoms with Gasteiger partial charge in [0.1, 0.15) is 5.82 Å². The third kappa shape index (κ3) is 2.04. The average Bonchev–Trinajstić information content (AvgIpc) is 2.81. The predicted molar refractivity (Wildman–Crippen MR) is 65.6 cm³/mol. The van der Waals surface area contributed by atoms with Crippen molar-refractivity contribution < 1.29 is 18.0 Å². The van der Waals surface area contributed by atoms with Gasteiger partial charge in [-0.05, 0) is 12.1 Å². The molecule has 2 heterocycles. The number of hydrogen-bond donors (Lipinski definition) is 1. The molecule has 0 fully saturated rings. The van der Waals surface area contributed by atoms with Crippen molar-refractivity contribution in [2.75, 3.05) is 5.32 Å². The van der Waals surface area contributed by atoms with Gasteiger partial charge in [0.05, 0.1) is 17.8 Å². The third-order valence-electron chi connectivity index (χ3n) is 3.22. The van der Waals surface area contributed by atoms with Crippen molar-refractivity contribution in [3.63, 3.8) is 0 Å². The second-order valence-corrected chi connectivity index (χ2v) is 4.54. The van der Waals surface area contributed by atoms with E-state index in [-0.39, 0.29) is 11.4 Å². The second kappa shape index (κ2) is 4.36. The second-order valence-electron chi connectivity index (χ2n) is 4.54. The van der Waals surface area contributed by atoms with Crippen molar-refractivity contribution in [3.05, 3.63) is 42.1 Å². The fourth-order valence-electron chi connectivity index (χ4n) is 2.28.